The molecule has 1 aromatic rings. The molecule has 114 valence electrons. The van der Waals surface area contributed by atoms with E-state index in [4.69, 9.17) is 0 Å². The fraction of sp³-hybridized carbons (Fsp3) is 0.667. The third kappa shape index (κ3) is 5.64. The molecule has 2 nitrogen and oxygen atoms in total. The van der Waals surface area contributed by atoms with Crippen molar-refractivity contribution in [1.82, 2.24) is 5.32 Å². The zero-order chi connectivity index (χ0) is 15.3. The smallest absolute Gasteiger partial charge is 0.0667 e. The molecule has 2 atom stereocenters. The van der Waals surface area contributed by atoms with Crippen molar-refractivity contribution in [3.63, 3.8) is 0 Å². The summed E-state index contributed by atoms with van der Waals surface area (Å²) in [6.07, 6.45) is 0.592. The van der Waals surface area contributed by atoms with E-state index in [9.17, 15) is 5.11 Å². The number of rotatable bonds is 6. The van der Waals surface area contributed by atoms with Crippen LogP contribution in [0.3, 0.4) is 0 Å². The SMILES string of the molecule is CC(C)CC(O)CNC(C)c1ccc(C(C)(C)C)cc1. The Kier molecular flexibility index (Phi) is 6.22. The van der Waals surface area contributed by atoms with Gasteiger partial charge in [-0.25, -0.2) is 0 Å². The molecule has 1 aromatic carbocycles. The van der Waals surface area contributed by atoms with Crippen LogP contribution in [0.15, 0.2) is 24.3 Å². The molecule has 0 amide bonds. The molecule has 0 heterocycles. The van der Waals surface area contributed by atoms with Crippen LogP contribution in [0.25, 0.3) is 0 Å². The first-order valence-electron chi connectivity index (χ1n) is 7.72. The summed E-state index contributed by atoms with van der Waals surface area (Å²) < 4.78 is 0. The number of aliphatic hydroxyl groups excluding tert-OH is 1. The molecule has 0 aliphatic heterocycles. The number of nitrogens with one attached hydrogen (secondary N) is 1. The van der Waals surface area contributed by atoms with Gasteiger partial charge in [0.1, 0.15) is 0 Å². The molecule has 0 aliphatic rings. The topological polar surface area (TPSA) is 32.3 Å². The van der Waals surface area contributed by atoms with E-state index in [1.54, 1.807) is 0 Å². The highest BCUT2D eigenvalue weighted by atomic mass is 16.3. The third-order valence-electron chi connectivity index (χ3n) is 3.68. The summed E-state index contributed by atoms with van der Waals surface area (Å²) in [6, 6.07) is 9.06. The maximum atomic E-state index is 9.90. The van der Waals surface area contributed by atoms with Gasteiger partial charge in [0.15, 0.2) is 0 Å². The Hall–Kier alpha value is -0.860. The van der Waals surface area contributed by atoms with Crippen molar-refractivity contribution in [3.8, 4) is 0 Å². The van der Waals surface area contributed by atoms with Gasteiger partial charge in [-0.3, -0.25) is 0 Å². The molecule has 2 heteroatoms. The predicted octanol–water partition coefficient (Wildman–Crippen LogP) is 4.04. The lowest BCUT2D eigenvalue weighted by atomic mass is 9.86. The highest BCUT2D eigenvalue weighted by Gasteiger charge is 2.14. The van der Waals surface area contributed by atoms with Crippen LogP contribution in [0.5, 0.6) is 0 Å². The Morgan fingerprint density at radius 3 is 2.05 bits per heavy atom. The van der Waals surface area contributed by atoms with Crippen molar-refractivity contribution in [2.75, 3.05) is 6.54 Å². The summed E-state index contributed by atoms with van der Waals surface area (Å²) in [4.78, 5) is 0. The molecule has 0 aromatic heterocycles. The molecule has 20 heavy (non-hydrogen) atoms. The normalized spacial score (nSPS) is 15.4. The first kappa shape index (κ1) is 17.2. The average molecular weight is 277 g/mol. The van der Waals surface area contributed by atoms with Gasteiger partial charge in [0.2, 0.25) is 0 Å². The summed E-state index contributed by atoms with van der Waals surface area (Å²) in [6.45, 7) is 13.8. The van der Waals surface area contributed by atoms with E-state index in [0.717, 1.165) is 6.42 Å². The zero-order valence-electron chi connectivity index (χ0n) is 13.9. The molecule has 2 N–H and O–H groups in total. The molecule has 1 rings (SSSR count). The Morgan fingerprint density at radius 1 is 1.05 bits per heavy atom. The number of hydrogen-bond acceptors (Lipinski definition) is 2. The van der Waals surface area contributed by atoms with Gasteiger partial charge in [-0.15, -0.1) is 0 Å². The fourth-order valence-electron chi connectivity index (χ4n) is 2.33. The largest absolute Gasteiger partial charge is 0.392 e. The van der Waals surface area contributed by atoms with E-state index in [-0.39, 0.29) is 17.6 Å². The van der Waals surface area contributed by atoms with Crippen LogP contribution >= 0.6 is 0 Å². The summed E-state index contributed by atoms with van der Waals surface area (Å²) in [5.74, 6) is 0.535. The second-order valence-electron chi connectivity index (χ2n) is 7.29. The van der Waals surface area contributed by atoms with E-state index in [0.29, 0.717) is 12.5 Å². The van der Waals surface area contributed by atoms with Crippen molar-refractivity contribution in [1.29, 1.82) is 0 Å². The summed E-state index contributed by atoms with van der Waals surface area (Å²) in [5.41, 5.74) is 2.82. The van der Waals surface area contributed by atoms with Crippen LogP contribution in [-0.4, -0.2) is 17.8 Å². The highest BCUT2D eigenvalue weighted by Crippen LogP contribution is 2.23. The monoisotopic (exact) mass is 277 g/mol. The van der Waals surface area contributed by atoms with Crippen molar-refractivity contribution in [2.45, 2.75) is 65.5 Å². The van der Waals surface area contributed by atoms with Gasteiger partial charge in [-0.2, -0.15) is 0 Å². The Bertz CT molecular complexity index is 389. The molecule has 0 fully saturated rings. The molecule has 2 unspecified atom stereocenters. The molecular formula is C18H31NO. The first-order valence-corrected chi connectivity index (χ1v) is 7.72. The van der Waals surface area contributed by atoms with E-state index >= 15 is 0 Å². The molecule has 0 saturated carbocycles. The summed E-state index contributed by atoms with van der Waals surface area (Å²) in [5, 5.41) is 13.3. The lowest BCUT2D eigenvalue weighted by Gasteiger charge is -2.21. The molecule has 0 aliphatic carbocycles. The van der Waals surface area contributed by atoms with Gasteiger partial charge < -0.3 is 10.4 Å². The van der Waals surface area contributed by atoms with E-state index in [1.165, 1.54) is 11.1 Å². The van der Waals surface area contributed by atoms with Crippen LogP contribution in [0.4, 0.5) is 0 Å². The maximum absolute atomic E-state index is 9.90. The van der Waals surface area contributed by atoms with Gasteiger partial charge >= 0.3 is 0 Å². The second-order valence-corrected chi connectivity index (χ2v) is 7.29. The Balaban J connectivity index is 2.54. The molecule has 0 saturated heterocycles. The van der Waals surface area contributed by atoms with Crippen LogP contribution in [0, 0.1) is 5.92 Å². The molecule has 0 radical (unpaired) electrons. The summed E-state index contributed by atoms with van der Waals surface area (Å²) in [7, 11) is 0. The Labute approximate surface area is 124 Å². The summed E-state index contributed by atoms with van der Waals surface area (Å²) >= 11 is 0. The van der Waals surface area contributed by atoms with Crippen LogP contribution in [0.2, 0.25) is 0 Å². The van der Waals surface area contributed by atoms with Crippen molar-refractivity contribution < 1.29 is 5.11 Å². The van der Waals surface area contributed by atoms with Gasteiger partial charge in [0.05, 0.1) is 6.10 Å². The van der Waals surface area contributed by atoms with Crippen molar-refractivity contribution in [2.24, 2.45) is 5.92 Å². The average Bonchev–Trinajstić information content (AvgIpc) is 2.34. The number of benzene rings is 1. The predicted molar refractivity (Wildman–Crippen MR) is 87.0 cm³/mol. The lowest BCUT2D eigenvalue weighted by Crippen LogP contribution is -2.30. The minimum atomic E-state index is -0.258. The van der Waals surface area contributed by atoms with Crippen LogP contribution in [0.1, 0.15) is 65.1 Å². The molecule has 0 bridgehead atoms. The lowest BCUT2D eigenvalue weighted by molar-refractivity contribution is 0.143. The van der Waals surface area contributed by atoms with E-state index in [1.807, 2.05) is 0 Å². The van der Waals surface area contributed by atoms with Crippen LogP contribution < -0.4 is 5.32 Å². The van der Waals surface area contributed by atoms with E-state index in [2.05, 4.69) is 71.1 Å². The minimum absolute atomic E-state index is 0.197. The van der Waals surface area contributed by atoms with Crippen LogP contribution in [-0.2, 0) is 5.41 Å². The highest BCUT2D eigenvalue weighted by molar-refractivity contribution is 5.29. The van der Waals surface area contributed by atoms with Crippen molar-refractivity contribution >= 4 is 0 Å². The minimum Gasteiger partial charge on any atom is -0.392 e. The van der Waals surface area contributed by atoms with E-state index < -0.39 is 0 Å². The Morgan fingerprint density at radius 2 is 1.60 bits per heavy atom. The number of hydrogen-bond donors (Lipinski definition) is 2. The second kappa shape index (κ2) is 7.24. The quantitative estimate of drug-likeness (QED) is 0.822. The third-order valence-corrected chi connectivity index (χ3v) is 3.68. The van der Waals surface area contributed by atoms with Gasteiger partial charge in [0, 0.05) is 12.6 Å². The fourth-order valence-corrected chi connectivity index (χ4v) is 2.33. The molecular weight excluding hydrogens is 246 g/mol. The van der Waals surface area contributed by atoms with Gasteiger partial charge in [-0.05, 0) is 35.8 Å². The zero-order valence-corrected chi connectivity index (χ0v) is 13.9. The number of aliphatic hydroxyl groups is 1. The van der Waals surface area contributed by atoms with Crippen molar-refractivity contribution in [3.05, 3.63) is 35.4 Å². The maximum Gasteiger partial charge on any atom is 0.0667 e. The van der Waals surface area contributed by atoms with Gasteiger partial charge in [-0.1, -0.05) is 58.9 Å². The standard InChI is InChI=1S/C18H31NO/c1-13(2)11-17(20)12-19-14(3)15-7-9-16(10-8-15)18(4,5)6/h7-10,13-14,17,19-20H,11-12H2,1-6H3. The molecule has 0 spiro atoms. The van der Waals surface area contributed by atoms with Gasteiger partial charge in [0.25, 0.3) is 0 Å². The first-order chi connectivity index (χ1) is 9.20.